The largest absolute Gasteiger partial charge is 0.456 e. The number of rotatable bonds is 4. The van der Waals surface area contributed by atoms with Crippen molar-refractivity contribution >= 4 is 88.5 Å². The van der Waals surface area contributed by atoms with E-state index in [2.05, 4.69) is 250 Å². The zero-order valence-corrected chi connectivity index (χ0v) is 39.3. The fraction of sp³-hybridized carbons (Fsp3) is 0.0149. The second kappa shape index (κ2) is 14.5. The average Bonchev–Trinajstić information content (AvgIpc) is 4.22. The number of nitrogens with zero attached hydrogens (tertiary/aromatic N) is 3. The number of aromatic nitrogens is 3. The highest BCUT2D eigenvalue weighted by atomic mass is 16.5. The molecule has 5 heterocycles. The first-order chi connectivity index (χ1) is 36.3. The Bertz CT molecular complexity index is 4690. The predicted molar refractivity (Wildman–Crippen MR) is 300 cm³/mol. The molecule has 1 atom stereocenters. The van der Waals surface area contributed by atoms with Gasteiger partial charge in [0.15, 0.2) is 11.5 Å². The van der Waals surface area contributed by atoms with E-state index in [-0.39, 0.29) is 12.6 Å². The van der Waals surface area contributed by atoms with E-state index in [9.17, 15) is 0 Å². The van der Waals surface area contributed by atoms with Gasteiger partial charge in [0.1, 0.15) is 11.5 Å². The predicted octanol–water partition coefficient (Wildman–Crippen LogP) is 14.9. The Morgan fingerprint density at radius 2 is 0.890 bits per heavy atom. The van der Waals surface area contributed by atoms with Crippen molar-refractivity contribution in [3.8, 4) is 51.2 Å². The summed E-state index contributed by atoms with van der Waals surface area (Å²) < 4.78 is 22.4. The van der Waals surface area contributed by atoms with E-state index >= 15 is 0 Å². The molecule has 73 heavy (non-hydrogen) atoms. The maximum Gasteiger partial charge on any atom is 0.260 e. The third kappa shape index (κ3) is 5.16. The standard InChI is InChI=1S/C67H40BN3O2/c1-3-19-40(20-4-1)60-44-25-7-8-26-45(44)61-49(60)36-35-46-42-23-9-14-30-52(42)70(64(46)61)56-39-57(67-63-66(56)72-58-33-17-12-28-50(58)68(63)51-29-13-18-34-59(51)73-67)71-53-31-15-10-24-43(53)47-37-38-55-62(65(47)71)48-27-11-16-32-54(48)69(55)41-21-5-2-6-22-41/h1-39,60H. The molecule has 17 rings (SSSR count). The molecule has 0 amide bonds. The normalized spacial score (nSPS) is 14.1. The Balaban J connectivity index is 1.07. The van der Waals surface area contributed by atoms with E-state index in [1.54, 1.807) is 0 Å². The Kier molecular flexibility index (Phi) is 7.81. The smallest absolute Gasteiger partial charge is 0.260 e. The van der Waals surface area contributed by atoms with Crippen LogP contribution in [0.5, 0.6) is 23.0 Å². The van der Waals surface area contributed by atoms with E-state index in [1.807, 2.05) is 0 Å². The molecule has 0 spiro atoms. The van der Waals surface area contributed by atoms with Gasteiger partial charge in [0.05, 0.1) is 44.5 Å². The highest BCUT2D eigenvalue weighted by molar-refractivity contribution is 6.98. The van der Waals surface area contributed by atoms with Gasteiger partial charge in [0.25, 0.3) is 6.71 Å². The van der Waals surface area contributed by atoms with Gasteiger partial charge in [-0.3, -0.25) is 0 Å². The SMILES string of the molecule is c1ccc(C2c3ccccc3-c3c2ccc2c4ccccc4n(-c4cc(-n5c6ccccc6c6ccc7c(c8ccccc8n7-c7ccccc7)c65)c5c6c4Oc4ccccc4B6c4ccccc4O5)c32)cc1. The molecular weight excluding hydrogens is 890 g/mol. The van der Waals surface area contributed by atoms with E-state index in [0.717, 1.165) is 84.0 Å². The Hall–Kier alpha value is -9.52. The average molecular weight is 930 g/mol. The Morgan fingerprint density at radius 1 is 0.370 bits per heavy atom. The summed E-state index contributed by atoms with van der Waals surface area (Å²) in [4.78, 5) is 0. The molecule has 1 aliphatic carbocycles. The van der Waals surface area contributed by atoms with Crippen LogP contribution in [0.2, 0.25) is 0 Å². The van der Waals surface area contributed by atoms with Crippen molar-refractivity contribution in [3.63, 3.8) is 0 Å². The highest BCUT2D eigenvalue weighted by Crippen LogP contribution is 2.54. The number of hydrogen-bond donors (Lipinski definition) is 0. The molecule has 0 saturated carbocycles. The minimum absolute atomic E-state index is 0.0798. The highest BCUT2D eigenvalue weighted by Gasteiger charge is 2.44. The maximum atomic E-state index is 7.49. The number of fused-ring (bicyclic) bond motifs is 18. The molecule has 6 heteroatoms. The van der Waals surface area contributed by atoms with Crippen LogP contribution in [0.1, 0.15) is 22.6 Å². The van der Waals surface area contributed by atoms with Crippen LogP contribution in [0, 0.1) is 0 Å². The molecule has 3 aliphatic rings. The van der Waals surface area contributed by atoms with Crippen LogP contribution in [0.3, 0.4) is 0 Å². The van der Waals surface area contributed by atoms with Crippen molar-refractivity contribution in [1.29, 1.82) is 0 Å². The summed E-state index contributed by atoms with van der Waals surface area (Å²) in [6.07, 6.45) is 0. The van der Waals surface area contributed by atoms with Crippen LogP contribution in [0.25, 0.3) is 93.6 Å². The van der Waals surface area contributed by atoms with Gasteiger partial charge in [-0.25, -0.2) is 0 Å². The summed E-state index contributed by atoms with van der Waals surface area (Å²) in [7, 11) is 0. The molecule has 14 aromatic rings. The van der Waals surface area contributed by atoms with Crippen LogP contribution in [-0.2, 0) is 0 Å². The molecule has 5 nitrogen and oxygen atoms in total. The summed E-state index contributed by atoms with van der Waals surface area (Å²) in [6, 6.07) is 86.4. The monoisotopic (exact) mass is 929 g/mol. The van der Waals surface area contributed by atoms with E-state index in [1.165, 1.54) is 65.7 Å². The van der Waals surface area contributed by atoms with Gasteiger partial charge < -0.3 is 23.2 Å². The molecule has 11 aromatic carbocycles. The van der Waals surface area contributed by atoms with Crippen LogP contribution in [-0.4, -0.2) is 20.4 Å². The molecule has 338 valence electrons. The molecule has 0 saturated heterocycles. The number of ether oxygens (including phenoxy) is 2. The third-order valence-electron chi connectivity index (χ3n) is 16.2. The summed E-state index contributed by atoms with van der Waals surface area (Å²) in [5.41, 5.74) is 19.5. The van der Waals surface area contributed by atoms with Crippen molar-refractivity contribution in [2.24, 2.45) is 0 Å². The van der Waals surface area contributed by atoms with Crippen LogP contribution in [0.15, 0.2) is 237 Å². The van der Waals surface area contributed by atoms with Gasteiger partial charge in [-0.15, -0.1) is 0 Å². The number of hydrogen-bond acceptors (Lipinski definition) is 2. The van der Waals surface area contributed by atoms with E-state index in [4.69, 9.17) is 9.47 Å². The Morgan fingerprint density at radius 3 is 1.58 bits per heavy atom. The molecule has 0 bridgehead atoms. The van der Waals surface area contributed by atoms with Crippen LogP contribution >= 0.6 is 0 Å². The zero-order valence-electron chi connectivity index (χ0n) is 39.3. The molecule has 2 aliphatic heterocycles. The van der Waals surface area contributed by atoms with Crippen molar-refractivity contribution < 1.29 is 9.47 Å². The molecule has 1 unspecified atom stereocenters. The minimum Gasteiger partial charge on any atom is -0.456 e. The first-order valence-corrected chi connectivity index (χ1v) is 25.2. The van der Waals surface area contributed by atoms with Gasteiger partial charge in [0.2, 0.25) is 0 Å². The molecule has 0 fully saturated rings. The molecular formula is C67H40BN3O2. The number of benzene rings is 11. The quantitative estimate of drug-likeness (QED) is 0.165. The number of para-hydroxylation sites is 6. The fourth-order valence-electron chi connectivity index (χ4n) is 13.4. The van der Waals surface area contributed by atoms with E-state index < -0.39 is 0 Å². The third-order valence-corrected chi connectivity index (χ3v) is 16.2. The summed E-state index contributed by atoms with van der Waals surface area (Å²) in [5, 5.41) is 7.12. The lowest BCUT2D eigenvalue weighted by Gasteiger charge is -2.35. The second-order valence-corrected chi connectivity index (χ2v) is 19.8. The van der Waals surface area contributed by atoms with E-state index in [0.29, 0.717) is 0 Å². The van der Waals surface area contributed by atoms with Crippen molar-refractivity contribution in [3.05, 3.63) is 253 Å². The van der Waals surface area contributed by atoms with Gasteiger partial charge >= 0.3 is 0 Å². The van der Waals surface area contributed by atoms with Gasteiger partial charge in [-0.2, -0.15) is 0 Å². The lowest BCUT2D eigenvalue weighted by Crippen LogP contribution is -2.57. The van der Waals surface area contributed by atoms with Crippen molar-refractivity contribution in [2.75, 3.05) is 0 Å². The topological polar surface area (TPSA) is 33.2 Å². The lowest BCUT2D eigenvalue weighted by molar-refractivity contribution is 0.462. The second-order valence-electron chi connectivity index (χ2n) is 19.8. The molecule has 0 radical (unpaired) electrons. The summed E-state index contributed by atoms with van der Waals surface area (Å²) >= 11 is 0. The maximum absolute atomic E-state index is 7.49. The van der Waals surface area contributed by atoms with Gasteiger partial charge in [0, 0.05) is 54.9 Å². The zero-order chi connectivity index (χ0) is 47.5. The van der Waals surface area contributed by atoms with Crippen molar-refractivity contribution in [2.45, 2.75) is 5.92 Å². The van der Waals surface area contributed by atoms with Crippen molar-refractivity contribution in [1.82, 2.24) is 13.7 Å². The Labute approximate surface area is 420 Å². The van der Waals surface area contributed by atoms with Gasteiger partial charge in [-0.1, -0.05) is 182 Å². The molecule has 0 N–H and O–H groups in total. The van der Waals surface area contributed by atoms with Crippen LogP contribution in [0.4, 0.5) is 0 Å². The minimum atomic E-state index is -0.173. The molecule has 3 aromatic heterocycles. The van der Waals surface area contributed by atoms with Crippen LogP contribution < -0.4 is 25.9 Å². The fourth-order valence-corrected chi connectivity index (χ4v) is 13.4. The first kappa shape index (κ1) is 39.2. The first-order valence-electron chi connectivity index (χ1n) is 25.2. The lowest BCUT2D eigenvalue weighted by atomic mass is 9.34. The summed E-state index contributed by atoms with van der Waals surface area (Å²) in [5.74, 6) is 3.38. The van der Waals surface area contributed by atoms with Gasteiger partial charge in [-0.05, 0) is 87.8 Å². The summed E-state index contributed by atoms with van der Waals surface area (Å²) in [6.45, 7) is -0.173.